The molecule has 0 fully saturated rings. The second-order valence-electron chi connectivity index (χ2n) is 3.79. The number of benzene rings is 1. The number of carbonyl (C=O) groups is 1. The Bertz CT molecular complexity index is 776. The summed E-state index contributed by atoms with van der Waals surface area (Å²) >= 11 is 3.24. The summed E-state index contributed by atoms with van der Waals surface area (Å²) in [5, 5.41) is 3.91. The minimum Gasteiger partial charge on any atom is -0.340 e. The van der Waals surface area contributed by atoms with Crippen LogP contribution in [0.5, 0.6) is 0 Å². The van der Waals surface area contributed by atoms with E-state index in [-0.39, 0.29) is 12.5 Å². The van der Waals surface area contributed by atoms with Gasteiger partial charge in [0.2, 0.25) is 0 Å². The van der Waals surface area contributed by atoms with E-state index in [1.165, 1.54) is 26.1 Å². The monoisotopic (exact) mass is 271 g/mol. The normalized spacial score (nSPS) is 10.6. The first-order valence-corrected chi connectivity index (χ1v) is 7.05. The molecule has 0 saturated carbocycles. The zero-order valence-electron chi connectivity index (χ0n) is 9.40. The molecule has 0 spiro atoms. The summed E-state index contributed by atoms with van der Waals surface area (Å²) in [6.07, 6.45) is 5.13. The van der Waals surface area contributed by atoms with Gasteiger partial charge in [0.05, 0.1) is 16.1 Å². The fraction of sp³-hybridized carbons (Fsp3) is 0.0714. The van der Waals surface area contributed by atoms with E-state index in [0.29, 0.717) is 0 Å². The van der Waals surface area contributed by atoms with E-state index in [9.17, 15) is 4.79 Å². The van der Waals surface area contributed by atoms with Crippen LogP contribution in [0.1, 0.15) is 9.67 Å². The summed E-state index contributed by atoms with van der Waals surface area (Å²) in [6.45, 7) is 0.269. The Morgan fingerprint density at radius 2 is 2.11 bits per heavy atom. The third-order valence-electron chi connectivity index (χ3n) is 2.62. The third-order valence-corrected chi connectivity index (χ3v) is 5.04. The molecule has 0 saturated heterocycles. The van der Waals surface area contributed by atoms with Crippen molar-refractivity contribution >= 4 is 48.1 Å². The first kappa shape index (κ1) is 11.3. The first-order chi connectivity index (χ1) is 8.79. The molecule has 0 bridgehead atoms. The van der Waals surface area contributed by atoms with Gasteiger partial charge < -0.3 is 5.32 Å². The SMILES string of the molecule is C#CCNC(=O)c1cc2sc3ccccc3c2s1. The van der Waals surface area contributed by atoms with Gasteiger partial charge in [-0.2, -0.15) is 0 Å². The molecule has 88 valence electrons. The second kappa shape index (κ2) is 4.45. The van der Waals surface area contributed by atoms with Gasteiger partial charge in [-0.25, -0.2) is 0 Å². The van der Waals surface area contributed by atoms with Gasteiger partial charge in [0.1, 0.15) is 0 Å². The summed E-state index contributed by atoms with van der Waals surface area (Å²) < 4.78 is 3.60. The smallest absolute Gasteiger partial charge is 0.262 e. The van der Waals surface area contributed by atoms with Gasteiger partial charge in [0.25, 0.3) is 5.91 Å². The highest BCUT2D eigenvalue weighted by Crippen LogP contribution is 2.39. The van der Waals surface area contributed by atoms with Gasteiger partial charge >= 0.3 is 0 Å². The van der Waals surface area contributed by atoms with Crippen molar-refractivity contribution in [2.45, 2.75) is 0 Å². The summed E-state index contributed by atoms with van der Waals surface area (Å²) in [7, 11) is 0. The molecule has 3 rings (SSSR count). The van der Waals surface area contributed by atoms with Crippen molar-refractivity contribution in [1.82, 2.24) is 5.32 Å². The summed E-state index contributed by atoms with van der Waals surface area (Å²) in [6, 6.07) is 10.2. The molecule has 0 radical (unpaired) electrons. The number of terminal acetylenes is 1. The van der Waals surface area contributed by atoms with Crippen molar-refractivity contribution in [3.05, 3.63) is 35.2 Å². The molecule has 2 aromatic heterocycles. The maximum atomic E-state index is 11.8. The van der Waals surface area contributed by atoms with E-state index < -0.39 is 0 Å². The highest BCUT2D eigenvalue weighted by Gasteiger charge is 2.13. The molecular weight excluding hydrogens is 262 g/mol. The highest BCUT2D eigenvalue weighted by atomic mass is 32.1. The minimum atomic E-state index is -0.0922. The predicted molar refractivity (Wildman–Crippen MR) is 78.4 cm³/mol. The number of carbonyl (C=O) groups excluding carboxylic acids is 1. The van der Waals surface area contributed by atoms with Crippen LogP contribution in [0.4, 0.5) is 0 Å². The van der Waals surface area contributed by atoms with Crippen molar-refractivity contribution < 1.29 is 4.79 Å². The molecule has 1 amide bonds. The Kier molecular flexibility index (Phi) is 2.78. The van der Waals surface area contributed by atoms with E-state index in [2.05, 4.69) is 23.4 Å². The second-order valence-corrected chi connectivity index (χ2v) is 5.93. The maximum absolute atomic E-state index is 11.8. The molecule has 1 N–H and O–H groups in total. The van der Waals surface area contributed by atoms with E-state index in [1.54, 1.807) is 11.3 Å². The number of rotatable bonds is 2. The van der Waals surface area contributed by atoms with Gasteiger partial charge in [0, 0.05) is 14.8 Å². The molecule has 4 heteroatoms. The standard InChI is InChI=1S/C14H9NOS2/c1-2-7-15-14(16)12-8-11-13(18-12)9-5-3-4-6-10(9)17-11/h1,3-6,8H,7H2,(H,15,16). The van der Waals surface area contributed by atoms with E-state index in [4.69, 9.17) is 6.42 Å². The zero-order chi connectivity index (χ0) is 12.5. The number of hydrogen-bond acceptors (Lipinski definition) is 3. The van der Waals surface area contributed by atoms with Crippen molar-refractivity contribution in [2.24, 2.45) is 0 Å². The average molecular weight is 271 g/mol. The largest absolute Gasteiger partial charge is 0.340 e. The van der Waals surface area contributed by atoms with Gasteiger partial charge in [-0.1, -0.05) is 24.1 Å². The molecule has 18 heavy (non-hydrogen) atoms. The predicted octanol–water partition coefficient (Wildman–Crippen LogP) is 3.48. The fourth-order valence-electron chi connectivity index (χ4n) is 1.83. The Hall–Kier alpha value is -1.83. The summed E-state index contributed by atoms with van der Waals surface area (Å²) in [5.74, 6) is 2.31. The van der Waals surface area contributed by atoms with Crippen molar-refractivity contribution in [2.75, 3.05) is 6.54 Å². The lowest BCUT2D eigenvalue weighted by Crippen LogP contribution is -2.22. The maximum Gasteiger partial charge on any atom is 0.262 e. The number of thiophene rings is 2. The first-order valence-electron chi connectivity index (χ1n) is 5.42. The van der Waals surface area contributed by atoms with Crippen LogP contribution in [0, 0.1) is 12.3 Å². The van der Waals surface area contributed by atoms with Crippen LogP contribution in [-0.2, 0) is 0 Å². The van der Waals surface area contributed by atoms with Crippen LogP contribution in [0.15, 0.2) is 30.3 Å². The molecule has 0 aliphatic heterocycles. The van der Waals surface area contributed by atoms with Crippen LogP contribution in [0.25, 0.3) is 19.5 Å². The molecule has 1 aromatic carbocycles. The fourth-order valence-corrected chi connectivity index (χ4v) is 4.27. The molecule has 3 aromatic rings. The molecule has 0 atom stereocenters. The van der Waals surface area contributed by atoms with Crippen LogP contribution in [-0.4, -0.2) is 12.5 Å². The third kappa shape index (κ3) is 1.78. The van der Waals surface area contributed by atoms with Crippen molar-refractivity contribution in [3.63, 3.8) is 0 Å². The Morgan fingerprint density at radius 1 is 1.28 bits per heavy atom. The number of nitrogens with one attached hydrogen (secondary N) is 1. The van der Waals surface area contributed by atoms with Crippen LogP contribution < -0.4 is 5.32 Å². The van der Waals surface area contributed by atoms with Crippen molar-refractivity contribution in [3.8, 4) is 12.3 Å². The van der Waals surface area contributed by atoms with Crippen LogP contribution in [0.2, 0.25) is 0 Å². The molecule has 2 heterocycles. The Morgan fingerprint density at radius 3 is 2.94 bits per heavy atom. The zero-order valence-corrected chi connectivity index (χ0v) is 11.0. The lowest BCUT2D eigenvalue weighted by atomic mass is 10.2. The summed E-state index contributed by atoms with van der Waals surface area (Å²) in [4.78, 5) is 12.5. The van der Waals surface area contributed by atoms with E-state index >= 15 is 0 Å². The van der Waals surface area contributed by atoms with E-state index in [0.717, 1.165) is 9.58 Å². The quantitative estimate of drug-likeness (QED) is 0.710. The lowest BCUT2D eigenvalue weighted by molar-refractivity contribution is 0.0963. The topological polar surface area (TPSA) is 29.1 Å². The number of hydrogen-bond donors (Lipinski definition) is 1. The van der Waals surface area contributed by atoms with Crippen LogP contribution in [0.3, 0.4) is 0 Å². The minimum absolute atomic E-state index is 0.0922. The van der Waals surface area contributed by atoms with Gasteiger partial charge in [-0.3, -0.25) is 4.79 Å². The average Bonchev–Trinajstić information content (AvgIpc) is 2.93. The molecule has 0 aliphatic rings. The van der Waals surface area contributed by atoms with E-state index in [1.807, 2.05) is 18.2 Å². The molecule has 2 nitrogen and oxygen atoms in total. The van der Waals surface area contributed by atoms with Gasteiger partial charge in [0.15, 0.2) is 0 Å². The summed E-state index contributed by atoms with van der Waals surface area (Å²) in [5.41, 5.74) is 0. The van der Waals surface area contributed by atoms with Crippen LogP contribution >= 0.6 is 22.7 Å². The Labute approximate surface area is 112 Å². The van der Waals surface area contributed by atoms with Gasteiger partial charge in [-0.05, 0) is 12.1 Å². The lowest BCUT2D eigenvalue weighted by Gasteiger charge is -1.96. The number of fused-ring (bicyclic) bond motifs is 3. The number of amides is 1. The molecule has 0 aliphatic carbocycles. The van der Waals surface area contributed by atoms with Gasteiger partial charge in [-0.15, -0.1) is 29.1 Å². The highest BCUT2D eigenvalue weighted by molar-refractivity contribution is 7.33. The van der Waals surface area contributed by atoms with Crippen molar-refractivity contribution in [1.29, 1.82) is 0 Å². The Balaban J connectivity index is 2.07. The molecule has 0 unspecified atom stereocenters. The molecular formula is C14H9NOS2.